The molecule has 20 heavy (non-hydrogen) atoms. The van der Waals surface area contributed by atoms with Gasteiger partial charge in [-0.2, -0.15) is 0 Å². The van der Waals surface area contributed by atoms with Crippen LogP contribution in [-0.4, -0.2) is 36.9 Å². The van der Waals surface area contributed by atoms with E-state index in [1.54, 1.807) is 7.05 Å². The smallest absolute Gasteiger partial charge is 0.292 e. The Balaban J connectivity index is 2.69. The topological polar surface area (TPSA) is 113 Å². The van der Waals surface area contributed by atoms with Gasteiger partial charge in [-0.05, 0) is 12.1 Å². The molecule has 0 unspecified atom stereocenters. The fourth-order valence-corrected chi connectivity index (χ4v) is 1.55. The number of nitro groups is 1. The van der Waals surface area contributed by atoms with Crippen molar-refractivity contribution in [3.05, 3.63) is 33.9 Å². The summed E-state index contributed by atoms with van der Waals surface area (Å²) in [5, 5.41) is 18.6. The summed E-state index contributed by atoms with van der Waals surface area (Å²) in [7, 11) is 1.54. The molecule has 2 amide bonds. The van der Waals surface area contributed by atoms with E-state index < -0.39 is 4.92 Å². The maximum absolute atomic E-state index is 11.8. The number of hydrogen-bond acceptors (Lipinski definition) is 5. The molecule has 0 aromatic heterocycles. The first kappa shape index (κ1) is 15.4. The van der Waals surface area contributed by atoms with Crippen molar-refractivity contribution in [1.29, 1.82) is 0 Å². The largest absolute Gasteiger partial charge is 0.383 e. The van der Waals surface area contributed by atoms with Crippen molar-refractivity contribution >= 4 is 23.2 Å². The number of carbonyl (C=O) groups excluding carboxylic acids is 2. The average molecular weight is 280 g/mol. The van der Waals surface area contributed by atoms with E-state index in [9.17, 15) is 19.7 Å². The quantitative estimate of drug-likeness (QED) is 0.399. The van der Waals surface area contributed by atoms with Gasteiger partial charge in [-0.1, -0.05) is 0 Å². The number of hydrogen-bond donors (Lipinski definition) is 3. The van der Waals surface area contributed by atoms with E-state index in [4.69, 9.17) is 0 Å². The van der Waals surface area contributed by atoms with Crippen molar-refractivity contribution in [2.75, 3.05) is 25.5 Å². The van der Waals surface area contributed by atoms with E-state index >= 15 is 0 Å². The van der Waals surface area contributed by atoms with Crippen LogP contribution in [0.25, 0.3) is 0 Å². The van der Waals surface area contributed by atoms with Gasteiger partial charge in [0, 0.05) is 38.7 Å². The second-order valence-corrected chi connectivity index (χ2v) is 3.98. The van der Waals surface area contributed by atoms with Gasteiger partial charge in [-0.25, -0.2) is 0 Å². The molecule has 0 saturated carbocycles. The summed E-state index contributed by atoms with van der Waals surface area (Å²) in [5.74, 6) is -0.534. The fourth-order valence-electron chi connectivity index (χ4n) is 1.55. The summed E-state index contributed by atoms with van der Waals surface area (Å²) in [6.45, 7) is 1.99. The molecule has 0 aliphatic carbocycles. The normalized spacial score (nSPS) is 9.70. The van der Waals surface area contributed by atoms with E-state index in [0.29, 0.717) is 12.1 Å². The van der Waals surface area contributed by atoms with Gasteiger partial charge >= 0.3 is 0 Å². The van der Waals surface area contributed by atoms with E-state index in [-0.39, 0.29) is 29.7 Å². The first-order chi connectivity index (χ1) is 9.45. The maximum Gasteiger partial charge on any atom is 0.292 e. The molecule has 0 heterocycles. The zero-order chi connectivity index (χ0) is 15.1. The zero-order valence-corrected chi connectivity index (χ0v) is 11.2. The highest BCUT2D eigenvalue weighted by molar-refractivity contribution is 5.95. The third-order valence-corrected chi connectivity index (χ3v) is 2.51. The number of carbonyl (C=O) groups is 2. The highest BCUT2D eigenvalue weighted by Gasteiger charge is 2.15. The molecule has 0 bridgehead atoms. The van der Waals surface area contributed by atoms with Crippen LogP contribution in [0.1, 0.15) is 17.3 Å². The minimum atomic E-state index is -0.524. The summed E-state index contributed by atoms with van der Waals surface area (Å²) < 4.78 is 0. The van der Waals surface area contributed by atoms with Gasteiger partial charge in [0.1, 0.15) is 5.69 Å². The standard InChI is InChI=1S/C12H16N4O4/c1-8(17)14-5-6-15-12(18)9-3-4-11(16(19)20)10(7-9)13-2/h3-4,7,13H,5-6H2,1-2H3,(H,14,17)(H,15,18). The monoisotopic (exact) mass is 280 g/mol. The Hall–Kier alpha value is -2.64. The van der Waals surface area contributed by atoms with Crippen LogP contribution < -0.4 is 16.0 Å². The molecule has 0 atom stereocenters. The number of nitrogens with zero attached hydrogens (tertiary/aromatic N) is 1. The Morgan fingerprint density at radius 2 is 1.90 bits per heavy atom. The molecule has 0 saturated heterocycles. The summed E-state index contributed by atoms with van der Waals surface area (Å²) in [6, 6.07) is 4.06. The van der Waals surface area contributed by atoms with Crippen LogP contribution in [-0.2, 0) is 4.79 Å². The van der Waals surface area contributed by atoms with Crippen molar-refractivity contribution in [2.24, 2.45) is 0 Å². The van der Waals surface area contributed by atoms with E-state index in [1.807, 2.05) is 0 Å². The number of nitro benzene ring substituents is 1. The van der Waals surface area contributed by atoms with Crippen LogP contribution in [0.2, 0.25) is 0 Å². The second-order valence-electron chi connectivity index (χ2n) is 3.98. The molecule has 0 spiro atoms. The van der Waals surface area contributed by atoms with Gasteiger partial charge in [-0.3, -0.25) is 19.7 Å². The van der Waals surface area contributed by atoms with Crippen LogP contribution in [0.4, 0.5) is 11.4 Å². The molecule has 1 aromatic carbocycles. The zero-order valence-electron chi connectivity index (χ0n) is 11.2. The predicted octanol–water partition coefficient (Wildman–Crippen LogP) is 0.502. The molecule has 0 aliphatic heterocycles. The van der Waals surface area contributed by atoms with Crippen molar-refractivity contribution in [3.63, 3.8) is 0 Å². The highest BCUT2D eigenvalue weighted by atomic mass is 16.6. The van der Waals surface area contributed by atoms with Gasteiger partial charge in [0.15, 0.2) is 0 Å². The second kappa shape index (κ2) is 7.07. The predicted molar refractivity (Wildman–Crippen MR) is 73.7 cm³/mol. The lowest BCUT2D eigenvalue weighted by atomic mass is 10.1. The van der Waals surface area contributed by atoms with E-state index in [1.165, 1.54) is 25.1 Å². The molecule has 3 N–H and O–H groups in total. The SMILES string of the molecule is CNc1cc(C(=O)NCCNC(C)=O)ccc1[N+](=O)[O-]. The summed E-state index contributed by atoms with van der Waals surface area (Å²) in [5.41, 5.74) is 0.481. The molecular formula is C12H16N4O4. The number of rotatable bonds is 6. The van der Waals surface area contributed by atoms with Gasteiger partial charge in [-0.15, -0.1) is 0 Å². The Morgan fingerprint density at radius 1 is 1.25 bits per heavy atom. The Bertz CT molecular complexity index is 530. The van der Waals surface area contributed by atoms with Crippen molar-refractivity contribution < 1.29 is 14.5 Å². The molecule has 108 valence electrons. The lowest BCUT2D eigenvalue weighted by molar-refractivity contribution is -0.383. The van der Waals surface area contributed by atoms with E-state index in [0.717, 1.165) is 0 Å². The maximum atomic E-state index is 11.8. The third-order valence-electron chi connectivity index (χ3n) is 2.51. The highest BCUT2D eigenvalue weighted by Crippen LogP contribution is 2.24. The minimum Gasteiger partial charge on any atom is -0.383 e. The van der Waals surface area contributed by atoms with Crippen LogP contribution in [0.15, 0.2) is 18.2 Å². The Kier molecular flexibility index (Phi) is 5.45. The molecular weight excluding hydrogens is 264 g/mol. The van der Waals surface area contributed by atoms with Crippen LogP contribution in [0.3, 0.4) is 0 Å². The lowest BCUT2D eigenvalue weighted by Gasteiger charge is -2.07. The number of nitrogens with one attached hydrogen (secondary N) is 3. The van der Waals surface area contributed by atoms with Crippen LogP contribution >= 0.6 is 0 Å². The van der Waals surface area contributed by atoms with Crippen molar-refractivity contribution in [2.45, 2.75) is 6.92 Å². The molecule has 0 fully saturated rings. The first-order valence-electron chi connectivity index (χ1n) is 5.94. The van der Waals surface area contributed by atoms with Crippen molar-refractivity contribution in [3.8, 4) is 0 Å². The van der Waals surface area contributed by atoms with Gasteiger partial charge in [0.05, 0.1) is 4.92 Å². The minimum absolute atomic E-state index is 0.0951. The summed E-state index contributed by atoms with van der Waals surface area (Å²) >= 11 is 0. The van der Waals surface area contributed by atoms with Crippen molar-refractivity contribution in [1.82, 2.24) is 10.6 Å². The first-order valence-corrected chi connectivity index (χ1v) is 5.94. The van der Waals surface area contributed by atoms with Gasteiger partial charge in [0.2, 0.25) is 5.91 Å². The van der Waals surface area contributed by atoms with E-state index in [2.05, 4.69) is 16.0 Å². The van der Waals surface area contributed by atoms with Crippen LogP contribution in [0, 0.1) is 10.1 Å². The lowest BCUT2D eigenvalue weighted by Crippen LogP contribution is -2.33. The molecule has 1 rings (SSSR count). The van der Waals surface area contributed by atoms with Gasteiger partial charge in [0.25, 0.3) is 11.6 Å². The average Bonchev–Trinajstić information content (AvgIpc) is 2.42. The molecule has 0 aliphatic rings. The van der Waals surface area contributed by atoms with Gasteiger partial charge < -0.3 is 16.0 Å². The molecule has 1 aromatic rings. The van der Waals surface area contributed by atoms with Crippen LogP contribution in [0.5, 0.6) is 0 Å². The Morgan fingerprint density at radius 3 is 2.45 bits per heavy atom. The third kappa shape index (κ3) is 4.23. The summed E-state index contributed by atoms with van der Waals surface area (Å²) in [6.07, 6.45) is 0. The Labute approximate surface area is 115 Å². The summed E-state index contributed by atoms with van der Waals surface area (Å²) in [4.78, 5) is 32.7. The molecule has 0 radical (unpaired) electrons. The number of amides is 2. The number of anilines is 1. The molecule has 8 nitrogen and oxygen atoms in total. The number of benzene rings is 1. The fraction of sp³-hybridized carbons (Fsp3) is 0.333. The molecule has 8 heteroatoms.